The topological polar surface area (TPSA) is 45.2 Å². The molecule has 28 heavy (non-hydrogen) atoms. The van der Waals surface area contributed by atoms with Gasteiger partial charge in [-0.1, -0.05) is 18.2 Å². The maximum absolute atomic E-state index is 5.01. The Labute approximate surface area is 172 Å². The summed E-state index contributed by atoms with van der Waals surface area (Å²) in [6.07, 6.45) is 1.12. The first-order chi connectivity index (χ1) is 13.9. The summed E-state index contributed by atoms with van der Waals surface area (Å²) in [5.41, 5.74) is 4.10. The summed E-state index contributed by atoms with van der Waals surface area (Å²) in [5, 5.41) is 5.36. The Kier molecular flexibility index (Phi) is 5.03. The molecule has 1 aliphatic heterocycles. The maximum atomic E-state index is 5.01. The summed E-state index contributed by atoms with van der Waals surface area (Å²) >= 11 is 3.36. The Morgan fingerprint density at radius 2 is 1.93 bits per heavy atom. The van der Waals surface area contributed by atoms with Gasteiger partial charge in [0.2, 0.25) is 0 Å². The van der Waals surface area contributed by atoms with Gasteiger partial charge in [-0.2, -0.15) is 0 Å². The van der Waals surface area contributed by atoms with E-state index in [2.05, 4.69) is 61.9 Å². The summed E-state index contributed by atoms with van der Waals surface area (Å²) < 4.78 is 0. The Bertz CT molecular complexity index is 1050. The lowest BCUT2D eigenvalue weighted by atomic mass is 10.2. The summed E-state index contributed by atoms with van der Waals surface area (Å²) in [7, 11) is 0. The van der Waals surface area contributed by atoms with Crippen LogP contribution in [-0.4, -0.2) is 46.0 Å². The van der Waals surface area contributed by atoms with E-state index in [-0.39, 0.29) is 0 Å². The van der Waals surface area contributed by atoms with Gasteiger partial charge in [-0.15, -0.1) is 22.7 Å². The number of hydrogen-bond donors (Lipinski definition) is 0. The molecule has 0 bridgehead atoms. The molecule has 5 nitrogen and oxygen atoms in total. The molecular formula is C21H21N5S2. The highest BCUT2D eigenvalue weighted by molar-refractivity contribution is 7.13. The molecule has 3 aromatic heterocycles. The standard InChI is InChI=1S/C21H21N5S2/c1-2-6-18-17(5-1)21(24-20(23-18)19-7-3-12-28-19)26-9-4-8-25(10-11-26)13-16-14-27-15-22-16/h1-3,5-7,12,14-15H,4,8-11,13H2. The first-order valence-electron chi connectivity index (χ1n) is 9.52. The summed E-state index contributed by atoms with van der Waals surface area (Å²) in [6, 6.07) is 12.5. The van der Waals surface area contributed by atoms with Crippen LogP contribution >= 0.6 is 22.7 Å². The van der Waals surface area contributed by atoms with E-state index in [0.29, 0.717) is 0 Å². The number of nitrogens with zero attached hydrogens (tertiary/aromatic N) is 5. The number of rotatable bonds is 4. The van der Waals surface area contributed by atoms with Crippen LogP contribution < -0.4 is 4.90 Å². The van der Waals surface area contributed by atoms with Crippen molar-refractivity contribution in [2.24, 2.45) is 0 Å². The van der Waals surface area contributed by atoms with Gasteiger partial charge < -0.3 is 4.90 Å². The molecule has 0 N–H and O–H groups in total. The zero-order valence-electron chi connectivity index (χ0n) is 15.5. The van der Waals surface area contributed by atoms with E-state index in [0.717, 1.165) is 66.6 Å². The molecule has 0 radical (unpaired) electrons. The van der Waals surface area contributed by atoms with Gasteiger partial charge in [-0.25, -0.2) is 15.0 Å². The molecule has 4 aromatic rings. The quantitative estimate of drug-likeness (QED) is 0.497. The number of para-hydroxylation sites is 1. The van der Waals surface area contributed by atoms with Gasteiger partial charge in [0, 0.05) is 43.5 Å². The number of aromatic nitrogens is 3. The molecular weight excluding hydrogens is 386 g/mol. The summed E-state index contributed by atoms with van der Waals surface area (Å²) in [6.45, 7) is 5.02. The van der Waals surface area contributed by atoms with E-state index in [1.807, 2.05) is 5.51 Å². The maximum Gasteiger partial charge on any atom is 0.172 e. The van der Waals surface area contributed by atoms with E-state index in [9.17, 15) is 0 Å². The van der Waals surface area contributed by atoms with Crippen LogP contribution in [0.1, 0.15) is 12.1 Å². The van der Waals surface area contributed by atoms with Gasteiger partial charge in [0.1, 0.15) is 5.82 Å². The molecule has 0 amide bonds. The van der Waals surface area contributed by atoms with Crippen molar-refractivity contribution >= 4 is 39.4 Å². The van der Waals surface area contributed by atoms with Crippen molar-refractivity contribution in [2.45, 2.75) is 13.0 Å². The van der Waals surface area contributed by atoms with Gasteiger partial charge in [0.05, 0.1) is 21.6 Å². The molecule has 7 heteroatoms. The van der Waals surface area contributed by atoms with Crippen molar-refractivity contribution in [2.75, 3.05) is 31.1 Å². The van der Waals surface area contributed by atoms with Crippen LogP contribution in [0, 0.1) is 0 Å². The van der Waals surface area contributed by atoms with Gasteiger partial charge >= 0.3 is 0 Å². The predicted octanol–water partition coefficient (Wildman–Crippen LogP) is 4.53. The highest BCUT2D eigenvalue weighted by Crippen LogP contribution is 2.30. The van der Waals surface area contributed by atoms with Crippen LogP contribution in [0.5, 0.6) is 0 Å². The van der Waals surface area contributed by atoms with E-state index in [1.165, 1.54) is 5.69 Å². The molecule has 4 heterocycles. The SMILES string of the molecule is c1csc(-c2nc(N3CCCN(Cc4cscn4)CC3)c3ccccc3n2)c1. The second-order valence-electron chi connectivity index (χ2n) is 6.96. The summed E-state index contributed by atoms with van der Waals surface area (Å²) in [4.78, 5) is 20.3. The lowest BCUT2D eigenvalue weighted by Gasteiger charge is -2.24. The van der Waals surface area contributed by atoms with Gasteiger partial charge in [-0.05, 0) is 30.0 Å². The highest BCUT2D eigenvalue weighted by Gasteiger charge is 2.20. The number of anilines is 1. The Balaban J connectivity index is 1.45. The van der Waals surface area contributed by atoms with Crippen LogP contribution in [0.15, 0.2) is 52.7 Å². The van der Waals surface area contributed by atoms with Gasteiger partial charge in [-0.3, -0.25) is 4.90 Å². The fourth-order valence-corrected chi connectivity index (χ4v) is 4.91. The second-order valence-corrected chi connectivity index (χ2v) is 8.63. The van der Waals surface area contributed by atoms with E-state index in [4.69, 9.17) is 9.97 Å². The monoisotopic (exact) mass is 407 g/mol. The van der Waals surface area contributed by atoms with Crippen LogP contribution in [-0.2, 0) is 6.54 Å². The number of thiophene rings is 1. The first kappa shape index (κ1) is 17.7. The minimum Gasteiger partial charge on any atom is -0.355 e. The van der Waals surface area contributed by atoms with Crippen LogP contribution in [0.4, 0.5) is 5.82 Å². The average molecular weight is 408 g/mol. The third kappa shape index (κ3) is 3.65. The third-order valence-electron chi connectivity index (χ3n) is 5.08. The number of benzene rings is 1. The van der Waals surface area contributed by atoms with Crippen molar-refractivity contribution in [1.82, 2.24) is 19.9 Å². The van der Waals surface area contributed by atoms with Crippen molar-refractivity contribution in [1.29, 1.82) is 0 Å². The fourth-order valence-electron chi connectivity index (χ4n) is 3.70. The largest absolute Gasteiger partial charge is 0.355 e. The lowest BCUT2D eigenvalue weighted by Crippen LogP contribution is -2.31. The van der Waals surface area contributed by atoms with Gasteiger partial charge in [0.25, 0.3) is 0 Å². The predicted molar refractivity (Wildman–Crippen MR) is 117 cm³/mol. The summed E-state index contributed by atoms with van der Waals surface area (Å²) in [5.74, 6) is 1.89. The molecule has 0 unspecified atom stereocenters. The Morgan fingerprint density at radius 3 is 2.79 bits per heavy atom. The normalized spacial score (nSPS) is 15.8. The molecule has 0 atom stereocenters. The third-order valence-corrected chi connectivity index (χ3v) is 6.58. The molecule has 1 fully saturated rings. The van der Waals surface area contributed by atoms with E-state index < -0.39 is 0 Å². The van der Waals surface area contributed by atoms with Crippen molar-refractivity contribution in [3.63, 3.8) is 0 Å². The zero-order valence-corrected chi connectivity index (χ0v) is 17.1. The molecule has 1 saturated heterocycles. The number of thiazole rings is 1. The highest BCUT2D eigenvalue weighted by atomic mass is 32.1. The molecule has 0 saturated carbocycles. The number of fused-ring (bicyclic) bond motifs is 1. The van der Waals surface area contributed by atoms with Crippen molar-refractivity contribution in [3.8, 4) is 10.7 Å². The van der Waals surface area contributed by atoms with Crippen LogP contribution in [0.25, 0.3) is 21.6 Å². The smallest absolute Gasteiger partial charge is 0.172 e. The molecule has 0 spiro atoms. The molecule has 142 valence electrons. The zero-order chi connectivity index (χ0) is 18.8. The molecule has 5 rings (SSSR count). The molecule has 0 aliphatic carbocycles. The van der Waals surface area contributed by atoms with Crippen LogP contribution in [0.2, 0.25) is 0 Å². The first-order valence-corrected chi connectivity index (χ1v) is 11.3. The van der Waals surface area contributed by atoms with Crippen LogP contribution in [0.3, 0.4) is 0 Å². The fraction of sp³-hybridized carbons (Fsp3) is 0.286. The minimum absolute atomic E-state index is 0.826. The van der Waals surface area contributed by atoms with E-state index in [1.54, 1.807) is 22.7 Å². The van der Waals surface area contributed by atoms with E-state index >= 15 is 0 Å². The Hall–Kier alpha value is -2.35. The minimum atomic E-state index is 0.826. The molecule has 1 aliphatic rings. The number of hydrogen-bond acceptors (Lipinski definition) is 7. The molecule has 1 aromatic carbocycles. The Morgan fingerprint density at radius 1 is 0.964 bits per heavy atom. The average Bonchev–Trinajstić information content (AvgIpc) is 3.39. The lowest BCUT2D eigenvalue weighted by molar-refractivity contribution is 0.282. The van der Waals surface area contributed by atoms with Gasteiger partial charge in [0.15, 0.2) is 5.82 Å². The second kappa shape index (κ2) is 7.95. The van der Waals surface area contributed by atoms with Crippen molar-refractivity contribution in [3.05, 3.63) is 58.4 Å². The van der Waals surface area contributed by atoms with Crippen molar-refractivity contribution < 1.29 is 0 Å².